The van der Waals surface area contributed by atoms with Gasteiger partial charge in [0.25, 0.3) is 0 Å². The first-order valence-electron chi connectivity index (χ1n) is 4.90. The summed E-state index contributed by atoms with van der Waals surface area (Å²) in [5, 5.41) is 0. The van der Waals surface area contributed by atoms with Gasteiger partial charge in [-0.2, -0.15) is 0 Å². The van der Waals surface area contributed by atoms with Crippen molar-refractivity contribution in [2.24, 2.45) is 16.6 Å². The summed E-state index contributed by atoms with van der Waals surface area (Å²) in [6.07, 6.45) is 4.20. The van der Waals surface area contributed by atoms with Gasteiger partial charge in [0, 0.05) is 18.6 Å². The maximum atomic E-state index is 5.68. The summed E-state index contributed by atoms with van der Waals surface area (Å²) in [7, 11) is 0. The lowest BCUT2D eigenvalue weighted by atomic mass is 9.52. The van der Waals surface area contributed by atoms with Gasteiger partial charge in [-0.05, 0) is 24.7 Å². The molecule has 0 radical (unpaired) electrons. The van der Waals surface area contributed by atoms with Crippen LogP contribution >= 0.6 is 0 Å². The number of nitrogens with two attached hydrogens (primary N) is 1. The lowest BCUT2D eigenvalue weighted by Crippen LogP contribution is -2.50. The summed E-state index contributed by atoms with van der Waals surface area (Å²) in [4.78, 5) is 0. The Morgan fingerprint density at radius 1 is 1.42 bits per heavy atom. The van der Waals surface area contributed by atoms with Gasteiger partial charge in [0.05, 0.1) is 6.10 Å². The molecule has 0 amide bonds. The van der Waals surface area contributed by atoms with Crippen molar-refractivity contribution in [2.45, 2.75) is 39.2 Å². The lowest BCUT2D eigenvalue weighted by molar-refractivity contribution is -0.0662. The van der Waals surface area contributed by atoms with Crippen LogP contribution in [0.4, 0.5) is 0 Å². The molecule has 1 aliphatic carbocycles. The SMILES string of the molecule is CC1(C)CC2(CCOC2CN)C1. The second kappa shape index (κ2) is 2.46. The quantitative estimate of drug-likeness (QED) is 0.646. The fraction of sp³-hybridized carbons (Fsp3) is 1.00. The molecule has 1 atom stereocenters. The standard InChI is InChI=1S/C10H19NO/c1-9(2)6-10(7-9)3-4-12-8(10)5-11/h8H,3-7,11H2,1-2H3. The number of ether oxygens (including phenoxy) is 1. The first-order valence-corrected chi connectivity index (χ1v) is 4.90. The van der Waals surface area contributed by atoms with Crippen LogP contribution in [0.15, 0.2) is 0 Å². The van der Waals surface area contributed by atoms with Gasteiger partial charge in [-0.3, -0.25) is 0 Å². The molecule has 1 heterocycles. The van der Waals surface area contributed by atoms with Gasteiger partial charge in [-0.1, -0.05) is 13.8 Å². The molecule has 1 spiro atoms. The number of rotatable bonds is 1. The molecule has 1 saturated heterocycles. The van der Waals surface area contributed by atoms with Crippen LogP contribution in [-0.2, 0) is 4.74 Å². The molecule has 1 aliphatic heterocycles. The molecule has 1 unspecified atom stereocenters. The second-order valence-corrected chi connectivity index (χ2v) is 5.23. The minimum Gasteiger partial charge on any atom is -0.376 e. The molecule has 0 aromatic carbocycles. The fourth-order valence-corrected chi connectivity index (χ4v) is 3.32. The van der Waals surface area contributed by atoms with E-state index < -0.39 is 0 Å². The van der Waals surface area contributed by atoms with Crippen molar-refractivity contribution in [2.75, 3.05) is 13.2 Å². The highest BCUT2D eigenvalue weighted by Gasteiger charge is 2.55. The van der Waals surface area contributed by atoms with E-state index in [4.69, 9.17) is 10.5 Å². The molecule has 2 nitrogen and oxygen atoms in total. The number of hydrogen-bond donors (Lipinski definition) is 1. The van der Waals surface area contributed by atoms with E-state index in [1.54, 1.807) is 0 Å². The summed E-state index contributed by atoms with van der Waals surface area (Å²) in [6.45, 7) is 6.31. The Bertz CT molecular complexity index is 180. The fourth-order valence-electron chi connectivity index (χ4n) is 3.32. The molecule has 0 bridgehead atoms. The van der Waals surface area contributed by atoms with Gasteiger partial charge in [-0.15, -0.1) is 0 Å². The Hall–Kier alpha value is -0.0800. The third kappa shape index (κ3) is 1.09. The third-order valence-electron chi connectivity index (χ3n) is 3.48. The zero-order chi connectivity index (χ0) is 8.82. The summed E-state index contributed by atoms with van der Waals surface area (Å²) >= 11 is 0. The molecule has 2 heteroatoms. The molecule has 0 aromatic rings. The van der Waals surface area contributed by atoms with Gasteiger partial charge in [0.2, 0.25) is 0 Å². The van der Waals surface area contributed by atoms with Crippen molar-refractivity contribution in [3.63, 3.8) is 0 Å². The van der Waals surface area contributed by atoms with E-state index in [1.807, 2.05) is 0 Å². The Balaban J connectivity index is 2.04. The van der Waals surface area contributed by atoms with Crippen LogP contribution in [0.1, 0.15) is 33.1 Å². The van der Waals surface area contributed by atoms with Gasteiger partial charge in [0.1, 0.15) is 0 Å². The molecular weight excluding hydrogens is 150 g/mol. The predicted molar refractivity (Wildman–Crippen MR) is 48.9 cm³/mol. The van der Waals surface area contributed by atoms with Gasteiger partial charge in [0.15, 0.2) is 0 Å². The largest absolute Gasteiger partial charge is 0.376 e. The monoisotopic (exact) mass is 169 g/mol. The highest BCUT2D eigenvalue weighted by atomic mass is 16.5. The summed E-state index contributed by atoms with van der Waals surface area (Å²) in [5.74, 6) is 0. The van der Waals surface area contributed by atoms with E-state index in [1.165, 1.54) is 19.3 Å². The zero-order valence-corrected chi connectivity index (χ0v) is 8.10. The molecule has 70 valence electrons. The van der Waals surface area contributed by atoms with Crippen molar-refractivity contribution in [1.82, 2.24) is 0 Å². The van der Waals surface area contributed by atoms with E-state index in [2.05, 4.69) is 13.8 Å². The van der Waals surface area contributed by atoms with Crippen molar-refractivity contribution in [1.29, 1.82) is 0 Å². The zero-order valence-electron chi connectivity index (χ0n) is 8.10. The van der Waals surface area contributed by atoms with Crippen molar-refractivity contribution in [3.05, 3.63) is 0 Å². The molecule has 2 fully saturated rings. The Labute approximate surface area is 74.5 Å². The average Bonchev–Trinajstić information content (AvgIpc) is 2.29. The van der Waals surface area contributed by atoms with E-state index in [0.717, 1.165) is 6.61 Å². The van der Waals surface area contributed by atoms with E-state index in [9.17, 15) is 0 Å². The maximum Gasteiger partial charge on any atom is 0.0754 e. The van der Waals surface area contributed by atoms with Crippen LogP contribution in [0.25, 0.3) is 0 Å². The first-order chi connectivity index (χ1) is 5.58. The van der Waals surface area contributed by atoms with Crippen molar-refractivity contribution < 1.29 is 4.74 Å². The van der Waals surface area contributed by atoms with Gasteiger partial charge < -0.3 is 10.5 Å². The van der Waals surface area contributed by atoms with Gasteiger partial charge in [-0.25, -0.2) is 0 Å². The molecule has 2 aliphatic rings. The van der Waals surface area contributed by atoms with Crippen LogP contribution in [0.3, 0.4) is 0 Å². The highest BCUT2D eigenvalue weighted by molar-refractivity contribution is 5.05. The van der Waals surface area contributed by atoms with E-state index in [0.29, 0.717) is 23.5 Å². The minimum absolute atomic E-state index is 0.352. The van der Waals surface area contributed by atoms with Crippen LogP contribution in [0.5, 0.6) is 0 Å². The number of hydrogen-bond acceptors (Lipinski definition) is 2. The highest BCUT2D eigenvalue weighted by Crippen LogP contribution is 2.60. The smallest absolute Gasteiger partial charge is 0.0754 e. The van der Waals surface area contributed by atoms with Crippen LogP contribution in [0, 0.1) is 10.8 Å². The first kappa shape index (κ1) is 8.52. The average molecular weight is 169 g/mol. The van der Waals surface area contributed by atoms with E-state index in [-0.39, 0.29) is 0 Å². The van der Waals surface area contributed by atoms with Crippen LogP contribution in [0.2, 0.25) is 0 Å². The Morgan fingerprint density at radius 3 is 2.58 bits per heavy atom. The normalized spacial score (nSPS) is 36.8. The summed E-state index contributed by atoms with van der Waals surface area (Å²) in [5.41, 5.74) is 6.70. The molecule has 0 aromatic heterocycles. The summed E-state index contributed by atoms with van der Waals surface area (Å²) < 4.78 is 5.63. The third-order valence-corrected chi connectivity index (χ3v) is 3.48. The maximum absolute atomic E-state index is 5.68. The van der Waals surface area contributed by atoms with Crippen LogP contribution < -0.4 is 5.73 Å². The summed E-state index contributed by atoms with van der Waals surface area (Å²) in [6, 6.07) is 0. The van der Waals surface area contributed by atoms with Crippen molar-refractivity contribution >= 4 is 0 Å². The molecule has 12 heavy (non-hydrogen) atoms. The second-order valence-electron chi connectivity index (χ2n) is 5.23. The molecule has 2 N–H and O–H groups in total. The van der Waals surface area contributed by atoms with E-state index >= 15 is 0 Å². The Morgan fingerprint density at radius 2 is 2.08 bits per heavy atom. The van der Waals surface area contributed by atoms with Gasteiger partial charge >= 0.3 is 0 Å². The predicted octanol–water partition coefficient (Wildman–Crippen LogP) is 1.54. The molecule has 1 saturated carbocycles. The van der Waals surface area contributed by atoms with Crippen LogP contribution in [-0.4, -0.2) is 19.3 Å². The molecular formula is C10H19NO. The van der Waals surface area contributed by atoms with Crippen molar-refractivity contribution in [3.8, 4) is 0 Å². The topological polar surface area (TPSA) is 35.2 Å². The lowest BCUT2D eigenvalue weighted by Gasteiger charge is -2.53. The minimum atomic E-state index is 0.352. The molecule has 2 rings (SSSR count). The Kier molecular flexibility index (Phi) is 1.74.